The highest BCUT2D eigenvalue weighted by molar-refractivity contribution is 6.37. The van der Waals surface area contributed by atoms with Crippen LogP contribution < -0.4 is 10.6 Å². The Hall–Kier alpha value is -2.92. The maximum absolute atomic E-state index is 13.7. The zero-order chi connectivity index (χ0) is 25.3. The largest absolute Gasteiger partial charge is 0.350 e. The molecule has 0 bridgehead atoms. The molecule has 7 nitrogen and oxygen atoms in total. The Balaban J connectivity index is 1.47. The predicted molar refractivity (Wildman–Crippen MR) is 143 cm³/mol. The molecule has 8 heteroatoms. The lowest BCUT2D eigenvalue weighted by Crippen LogP contribution is -2.66. The number of aromatic nitrogens is 2. The first-order valence-corrected chi connectivity index (χ1v) is 13.1. The van der Waals surface area contributed by atoms with E-state index in [1.165, 1.54) is 19.3 Å². The van der Waals surface area contributed by atoms with Gasteiger partial charge in [0.2, 0.25) is 0 Å². The van der Waals surface area contributed by atoms with Gasteiger partial charge in [-0.1, -0.05) is 36.9 Å². The third-order valence-electron chi connectivity index (χ3n) is 7.76. The van der Waals surface area contributed by atoms with Crippen LogP contribution in [0.3, 0.4) is 0 Å². The van der Waals surface area contributed by atoms with Crippen LogP contribution in [0.15, 0.2) is 42.7 Å². The second-order valence-electron chi connectivity index (χ2n) is 10.7. The molecule has 2 aromatic heterocycles. The van der Waals surface area contributed by atoms with Crippen LogP contribution in [0.2, 0.25) is 5.02 Å². The van der Waals surface area contributed by atoms with Gasteiger partial charge in [0.05, 0.1) is 21.7 Å². The van der Waals surface area contributed by atoms with Gasteiger partial charge in [-0.05, 0) is 51.0 Å². The first-order chi connectivity index (χ1) is 17.3. The lowest BCUT2D eigenvalue weighted by Gasteiger charge is -2.52. The fourth-order valence-electron chi connectivity index (χ4n) is 5.97. The smallest absolute Gasteiger partial charge is 0.253 e. The van der Waals surface area contributed by atoms with Crippen molar-refractivity contribution in [2.45, 2.75) is 57.0 Å². The molecule has 2 aliphatic rings. The Morgan fingerprint density at radius 2 is 2.03 bits per heavy atom. The Kier molecular flexibility index (Phi) is 6.78. The first kappa shape index (κ1) is 24.8. The van der Waals surface area contributed by atoms with Crippen molar-refractivity contribution in [3.8, 4) is 11.9 Å². The molecule has 36 heavy (non-hydrogen) atoms. The van der Waals surface area contributed by atoms with Gasteiger partial charge in [-0.15, -0.1) is 0 Å². The number of carbonyl (C=O) groups excluding carboxylic acids is 1. The summed E-state index contributed by atoms with van der Waals surface area (Å²) in [7, 11) is 0. The summed E-state index contributed by atoms with van der Waals surface area (Å²) >= 11 is 6.62. The molecule has 3 heterocycles. The number of nitrogens with zero attached hydrogens (tertiary/aromatic N) is 4. The molecule has 2 fully saturated rings. The molecule has 0 radical (unpaired) electrons. The van der Waals surface area contributed by atoms with Crippen molar-refractivity contribution in [2.75, 3.05) is 26.2 Å². The van der Waals surface area contributed by atoms with E-state index in [2.05, 4.69) is 40.4 Å². The molecule has 0 unspecified atom stereocenters. The standard InChI is InChI=1S/C28H33ClN6O/c1-27(2)19-34(15-14-33-27)28(11-4-3-5-12-28)18-32-26(36)21-17-35(23-10-6-9-22(29)24(21)23)25-20(16-30)8-7-13-31-25/h6-10,13,17,33H,3-5,11-12,14-15,18-19H2,1-2H3,(H,32,36). The summed E-state index contributed by atoms with van der Waals surface area (Å²) in [6.07, 6.45) is 9.20. The fraction of sp³-hybridized carbons (Fsp3) is 0.464. The molecule has 1 aromatic carbocycles. The number of benzene rings is 1. The number of pyridine rings is 1. The molecule has 1 amide bonds. The van der Waals surface area contributed by atoms with Gasteiger partial charge in [-0.3, -0.25) is 14.3 Å². The topological polar surface area (TPSA) is 86.0 Å². The van der Waals surface area contributed by atoms with E-state index in [1.54, 1.807) is 35.2 Å². The van der Waals surface area contributed by atoms with Crippen molar-refractivity contribution in [2.24, 2.45) is 0 Å². The van der Waals surface area contributed by atoms with Crippen LogP contribution in [-0.4, -0.2) is 57.6 Å². The normalized spacial score (nSPS) is 19.6. The Bertz CT molecular complexity index is 1320. The Morgan fingerprint density at radius 1 is 1.22 bits per heavy atom. The fourth-order valence-corrected chi connectivity index (χ4v) is 6.24. The number of piperazine rings is 1. The highest BCUT2D eigenvalue weighted by Crippen LogP contribution is 2.36. The molecule has 2 N–H and O–H groups in total. The van der Waals surface area contributed by atoms with Crippen molar-refractivity contribution < 1.29 is 4.79 Å². The van der Waals surface area contributed by atoms with Crippen molar-refractivity contribution in [3.05, 3.63) is 58.9 Å². The maximum Gasteiger partial charge on any atom is 0.253 e. The van der Waals surface area contributed by atoms with E-state index in [1.807, 2.05) is 12.1 Å². The number of nitriles is 1. The minimum atomic E-state index is -0.152. The van der Waals surface area contributed by atoms with E-state index in [-0.39, 0.29) is 17.0 Å². The van der Waals surface area contributed by atoms with Gasteiger partial charge in [0, 0.05) is 55.0 Å². The van der Waals surface area contributed by atoms with E-state index in [0.717, 1.165) is 38.0 Å². The quantitative estimate of drug-likeness (QED) is 0.527. The number of carbonyl (C=O) groups is 1. The van der Waals surface area contributed by atoms with Gasteiger partial charge in [-0.2, -0.15) is 5.26 Å². The Labute approximate surface area is 217 Å². The van der Waals surface area contributed by atoms with Gasteiger partial charge < -0.3 is 10.6 Å². The zero-order valence-electron chi connectivity index (χ0n) is 21.0. The number of hydrogen-bond donors (Lipinski definition) is 2. The van der Waals surface area contributed by atoms with Crippen LogP contribution in [0.4, 0.5) is 0 Å². The van der Waals surface area contributed by atoms with Crippen LogP contribution >= 0.6 is 11.6 Å². The van der Waals surface area contributed by atoms with Gasteiger partial charge in [0.15, 0.2) is 5.82 Å². The second-order valence-corrected chi connectivity index (χ2v) is 11.1. The van der Waals surface area contributed by atoms with Crippen LogP contribution in [-0.2, 0) is 0 Å². The molecular formula is C28H33ClN6O. The van der Waals surface area contributed by atoms with Crippen LogP contribution in [0.25, 0.3) is 16.7 Å². The molecule has 188 valence electrons. The summed E-state index contributed by atoms with van der Waals surface area (Å²) < 4.78 is 1.80. The molecule has 1 saturated carbocycles. The molecule has 5 rings (SSSR count). The van der Waals surface area contributed by atoms with Crippen molar-refractivity contribution >= 4 is 28.4 Å². The van der Waals surface area contributed by atoms with Crippen molar-refractivity contribution in [3.63, 3.8) is 0 Å². The maximum atomic E-state index is 13.7. The summed E-state index contributed by atoms with van der Waals surface area (Å²) in [6, 6.07) is 11.2. The van der Waals surface area contributed by atoms with E-state index in [9.17, 15) is 10.1 Å². The van der Waals surface area contributed by atoms with Crippen molar-refractivity contribution in [1.82, 2.24) is 25.1 Å². The van der Waals surface area contributed by atoms with Gasteiger partial charge in [0.1, 0.15) is 6.07 Å². The second kappa shape index (κ2) is 9.85. The highest BCUT2D eigenvalue weighted by Gasteiger charge is 2.42. The van der Waals surface area contributed by atoms with E-state index >= 15 is 0 Å². The molecule has 3 aromatic rings. The van der Waals surface area contributed by atoms with Gasteiger partial charge in [0.25, 0.3) is 5.91 Å². The molecule has 1 aliphatic carbocycles. The van der Waals surface area contributed by atoms with E-state index < -0.39 is 0 Å². The summed E-state index contributed by atoms with van der Waals surface area (Å²) in [6.45, 7) is 8.01. The van der Waals surface area contributed by atoms with Crippen LogP contribution in [0.1, 0.15) is 61.9 Å². The summed E-state index contributed by atoms with van der Waals surface area (Å²) in [5, 5.41) is 17.7. The predicted octanol–water partition coefficient (Wildman–Crippen LogP) is 4.67. The summed E-state index contributed by atoms with van der Waals surface area (Å²) in [4.78, 5) is 20.7. The first-order valence-electron chi connectivity index (χ1n) is 12.8. The lowest BCUT2D eigenvalue weighted by atomic mass is 9.78. The molecular weight excluding hydrogens is 472 g/mol. The molecule has 1 saturated heterocycles. The third-order valence-corrected chi connectivity index (χ3v) is 8.08. The number of halogens is 1. The average Bonchev–Trinajstić information content (AvgIpc) is 3.28. The molecule has 1 aliphatic heterocycles. The van der Waals surface area contributed by atoms with Gasteiger partial charge >= 0.3 is 0 Å². The van der Waals surface area contributed by atoms with Crippen LogP contribution in [0, 0.1) is 11.3 Å². The summed E-state index contributed by atoms with van der Waals surface area (Å²) in [5.41, 5.74) is 1.69. The zero-order valence-corrected chi connectivity index (χ0v) is 21.7. The number of fused-ring (bicyclic) bond motifs is 1. The number of hydrogen-bond acceptors (Lipinski definition) is 5. The molecule has 0 spiro atoms. The van der Waals surface area contributed by atoms with Crippen LogP contribution in [0.5, 0.6) is 0 Å². The minimum absolute atomic E-state index is 0.0373. The monoisotopic (exact) mass is 504 g/mol. The SMILES string of the molecule is CC1(C)CN(C2(CNC(=O)c3cn(-c4ncccc4C#N)c4cccc(Cl)c34)CCCCC2)CCN1. The van der Waals surface area contributed by atoms with Gasteiger partial charge in [-0.25, -0.2) is 4.98 Å². The van der Waals surface area contributed by atoms with Crippen molar-refractivity contribution in [1.29, 1.82) is 5.26 Å². The summed E-state index contributed by atoms with van der Waals surface area (Å²) in [5.74, 6) is 0.332. The number of nitrogens with one attached hydrogen (secondary N) is 2. The number of rotatable bonds is 5. The highest BCUT2D eigenvalue weighted by atomic mass is 35.5. The molecule has 0 atom stereocenters. The third kappa shape index (κ3) is 4.61. The van der Waals surface area contributed by atoms with E-state index in [0.29, 0.717) is 33.9 Å². The lowest BCUT2D eigenvalue weighted by molar-refractivity contribution is 0.00950. The Morgan fingerprint density at radius 3 is 2.78 bits per heavy atom. The minimum Gasteiger partial charge on any atom is -0.350 e. The number of amides is 1. The average molecular weight is 505 g/mol. The van der Waals surface area contributed by atoms with E-state index in [4.69, 9.17) is 11.6 Å².